The molecule has 3 aromatic heterocycles. The number of fused-ring (bicyclic) bond motifs is 1. The second-order valence-corrected chi connectivity index (χ2v) is 4.32. The van der Waals surface area contributed by atoms with Crippen LogP contribution in [0.2, 0.25) is 0 Å². The van der Waals surface area contributed by atoms with Crippen LogP contribution >= 0.6 is 12.4 Å². The number of aromatic nitrogens is 3. The molecule has 3 aromatic rings. The predicted molar refractivity (Wildman–Crippen MR) is 83.8 cm³/mol. The van der Waals surface area contributed by atoms with E-state index in [1.165, 1.54) is 0 Å². The highest BCUT2D eigenvalue weighted by atomic mass is 35.5. The van der Waals surface area contributed by atoms with Gasteiger partial charge in [0.05, 0.1) is 16.9 Å². The van der Waals surface area contributed by atoms with Crippen LogP contribution in [0.4, 0.5) is 5.82 Å². The minimum Gasteiger partial charge on any atom is -0.384 e. The Morgan fingerprint density at radius 1 is 1.05 bits per heavy atom. The van der Waals surface area contributed by atoms with Crippen LogP contribution < -0.4 is 5.73 Å². The van der Waals surface area contributed by atoms with E-state index in [0.717, 1.165) is 34.3 Å². The van der Waals surface area contributed by atoms with E-state index < -0.39 is 0 Å². The minimum atomic E-state index is 0. The second kappa shape index (κ2) is 5.84. The largest absolute Gasteiger partial charge is 0.384 e. The Balaban J connectivity index is 0.00000147. The fourth-order valence-electron chi connectivity index (χ4n) is 2.20. The van der Waals surface area contributed by atoms with Crippen molar-refractivity contribution < 1.29 is 0 Å². The molecule has 0 spiro atoms. The monoisotopic (exact) mass is 286 g/mol. The number of aryl methyl sites for hydroxylation is 1. The van der Waals surface area contributed by atoms with Crippen LogP contribution in [-0.2, 0) is 6.42 Å². The lowest BCUT2D eigenvalue weighted by Gasteiger charge is -2.09. The van der Waals surface area contributed by atoms with Gasteiger partial charge in [0.15, 0.2) is 0 Å². The number of nitrogens with zero attached hydrogens (tertiary/aromatic N) is 3. The van der Waals surface area contributed by atoms with E-state index in [4.69, 9.17) is 5.73 Å². The number of nitrogens with two attached hydrogens (primary N) is 1. The average Bonchev–Trinajstić information content (AvgIpc) is 2.46. The van der Waals surface area contributed by atoms with Crippen LogP contribution in [0.1, 0.15) is 12.6 Å². The van der Waals surface area contributed by atoms with Crippen molar-refractivity contribution in [2.45, 2.75) is 13.3 Å². The minimum absolute atomic E-state index is 0. The molecular formula is C15H15ClN4. The summed E-state index contributed by atoms with van der Waals surface area (Å²) in [6, 6.07) is 9.69. The van der Waals surface area contributed by atoms with Crippen LogP contribution in [0.25, 0.3) is 22.2 Å². The molecule has 5 heteroatoms. The quantitative estimate of drug-likeness (QED) is 0.785. The molecule has 4 nitrogen and oxygen atoms in total. The summed E-state index contributed by atoms with van der Waals surface area (Å²) in [5.41, 5.74) is 9.46. The molecule has 0 aliphatic heterocycles. The first-order valence-electron chi connectivity index (χ1n) is 6.25. The van der Waals surface area contributed by atoms with Crippen molar-refractivity contribution in [3.63, 3.8) is 0 Å². The van der Waals surface area contributed by atoms with Crippen molar-refractivity contribution in [2.75, 3.05) is 5.73 Å². The van der Waals surface area contributed by atoms with Crippen LogP contribution in [0.3, 0.4) is 0 Å². The Labute approximate surface area is 123 Å². The van der Waals surface area contributed by atoms with Gasteiger partial charge in [0, 0.05) is 23.3 Å². The van der Waals surface area contributed by atoms with Crippen molar-refractivity contribution in [1.82, 2.24) is 15.0 Å². The molecular weight excluding hydrogens is 272 g/mol. The molecule has 0 atom stereocenters. The maximum atomic E-state index is 5.75. The molecule has 0 aliphatic rings. The summed E-state index contributed by atoms with van der Waals surface area (Å²) in [6.07, 6.45) is 4.39. The highest BCUT2D eigenvalue weighted by Crippen LogP contribution is 2.27. The Bertz CT molecular complexity index is 738. The number of hydrogen-bond acceptors (Lipinski definition) is 4. The molecule has 0 bridgehead atoms. The number of pyridine rings is 3. The molecule has 102 valence electrons. The highest BCUT2D eigenvalue weighted by Gasteiger charge is 2.11. The van der Waals surface area contributed by atoms with Crippen molar-refractivity contribution in [3.05, 3.63) is 48.4 Å². The molecule has 0 saturated carbocycles. The number of anilines is 1. The van der Waals surface area contributed by atoms with Gasteiger partial charge in [-0.15, -0.1) is 12.4 Å². The van der Waals surface area contributed by atoms with Gasteiger partial charge in [0.2, 0.25) is 0 Å². The number of rotatable bonds is 2. The highest BCUT2D eigenvalue weighted by molar-refractivity contribution is 5.91. The van der Waals surface area contributed by atoms with E-state index in [0.29, 0.717) is 5.82 Å². The van der Waals surface area contributed by atoms with Crippen LogP contribution in [0.15, 0.2) is 42.7 Å². The summed E-state index contributed by atoms with van der Waals surface area (Å²) in [5.74, 6) is 0.536. The normalized spacial score (nSPS) is 10.2. The van der Waals surface area contributed by atoms with Crippen LogP contribution in [0, 0.1) is 0 Å². The molecule has 3 heterocycles. The SMILES string of the molecule is CCc1nc(N)ccc1-c1nccc2cccnc12.Cl. The lowest BCUT2D eigenvalue weighted by molar-refractivity contribution is 1.04. The first kappa shape index (κ1) is 14.2. The van der Waals surface area contributed by atoms with E-state index in [1.54, 1.807) is 18.5 Å². The number of halogens is 1. The molecule has 0 fully saturated rings. The average molecular weight is 287 g/mol. The van der Waals surface area contributed by atoms with E-state index in [-0.39, 0.29) is 12.4 Å². The number of nitrogen functional groups attached to an aromatic ring is 1. The maximum Gasteiger partial charge on any atom is 0.123 e. The van der Waals surface area contributed by atoms with Crippen molar-refractivity contribution in [3.8, 4) is 11.3 Å². The molecule has 0 aliphatic carbocycles. The van der Waals surface area contributed by atoms with Crippen LogP contribution in [0.5, 0.6) is 0 Å². The first-order chi connectivity index (χ1) is 9.29. The molecule has 20 heavy (non-hydrogen) atoms. The Morgan fingerprint density at radius 2 is 1.90 bits per heavy atom. The molecule has 0 amide bonds. The van der Waals surface area contributed by atoms with Gasteiger partial charge >= 0.3 is 0 Å². The lowest BCUT2D eigenvalue weighted by atomic mass is 10.0. The number of hydrogen-bond donors (Lipinski definition) is 1. The molecule has 0 radical (unpaired) electrons. The smallest absolute Gasteiger partial charge is 0.123 e. The van der Waals surface area contributed by atoms with Gasteiger partial charge in [-0.3, -0.25) is 9.97 Å². The van der Waals surface area contributed by atoms with Crippen molar-refractivity contribution in [2.24, 2.45) is 0 Å². The zero-order chi connectivity index (χ0) is 13.2. The van der Waals surface area contributed by atoms with Crippen molar-refractivity contribution in [1.29, 1.82) is 0 Å². The third-order valence-electron chi connectivity index (χ3n) is 3.11. The zero-order valence-corrected chi connectivity index (χ0v) is 11.9. The molecule has 0 saturated heterocycles. The van der Waals surface area contributed by atoms with Gasteiger partial charge < -0.3 is 5.73 Å². The van der Waals surface area contributed by atoms with Gasteiger partial charge in [0.25, 0.3) is 0 Å². The van der Waals surface area contributed by atoms with E-state index >= 15 is 0 Å². The third kappa shape index (κ3) is 2.42. The Morgan fingerprint density at radius 3 is 2.70 bits per heavy atom. The van der Waals surface area contributed by atoms with Gasteiger partial charge in [0.1, 0.15) is 5.82 Å². The summed E-state index contributed by atoms with van der Waals surface area (Å²) >= 11 is 0. The zero-order valence-electron chi connectivity index (χ0n) is 11.1. The topological polar surface area (TPSA) is 64.7 Å². The van der Waals surface area contributed by atoms with E-state index in [9.17, 15) is 0 Å². The maximum absolute atomic E-state index is 5.75. The summed E-state index contributed by atoms with van der Waals surface area (Å²) in [4.78, 5) is 13.3. The molecule has 2 N–H and O–H groups in total. The standard InChI is InChI=1S/C15H14N4.ClH/c1-2-12-11(5-6-13(16)19-12)15-14-10(7-9-18-15)4-3-8-17-14;/h3-9H,2H2,1H3,(H2,16,19);1H. The van der Waals surface area contributed by atoms with Gasteiger partial charge in [-0.1, -0.05) is 13.0 Å². The molecule has 0 unspecified atom stereocenters. The van der Waals surface area contributed by atoms with Gasteiger partial charge in [-0.2, -0.15) is 0 Å². The van der Waals surface area contributed by atoms with Gasteiger partial charge in [-0.25, -0.2) is 4.98 Å². The summed E-state index contributed by atoms with van der Waals surface area (Å²) in [5, 5.41) is 1.08. The van der Waals surface area contributed by atoms with E-state index in [2.05, 4.69) is 21.9 Å². The Kier molecular flexibility index (Phi) is 4.15. The summed E-state index contributed by atoms with van der Waals surface area (Å²) in [7, 11) is 0. The molecule has 3 rings (SSSR count). The first-order valence-corrected chi connectivity index (χ1v) is 6.25. The fraction of sp³-hybridized carbons (Fsp3) is 0.133. The third-order valence-corrected chi connectivity index (χ3v) is 3.11. The van der Waals surface area contributed by atoms with Crippen molar-refractivity contribution >= 4 is 29.1 Å². The summed E-state index contributed by atoms with van der Waals surface area (Å²) in [6.45, 7) is 2.06. The lowest BCUT2D eigenvalue weighted by Crippen LogP contribution is -1.99. The van der Waals surface area contributed by atoms with E-state index in [1.807, 2.05) is 24.3 Å². The Hall–Kier alpha value is -2.20. The fourth-order valence-corrected chi connectivity index (χ4v) is 2.20. The van der Waals surface area contributed by atoms with Gasteiger partial charge in [-0.05, 0) is 30.7 Å². The second-order valence-electron chi connectivity index (χ2n) is 4.32. The predicted octanol–water partition coefficient (Wildman–Crippen LogP) is 3.26. The van der Waals surface area contributed by atoms with Crippen LogP contribution in [-0.4, -0.2) is 15.0 Å². The summed E-state index contributed by atoms with van der Waals surface area (Å²) < 4.78 is 0. The molecule has 0 aromatic carbocycles.